The lowest BCUT2D eigenvalue weighted by molar-refractivity contribution is -0.914. The zero-order valence-electron chi connectivity index (χ0n) is 12.4. The topological polar surface area (TPSA) is 69.7 Å². The number of hydrogen-bond donors (Lipinski definition) is 0. The van der Waals surface area contributed by atoms with Crippen molar-refractivity contribution in [2.24, 2.45) is 0 Å². The molecule has 7 heteroatoms. The van der Waals surface area contributed by atoms with Gasteiger partial charge in [0, 0.05) is 25.0 Å². The summed E-state index contributed by atoms with van der Waals surface area (Å²) in [6.45, 7) is 11.7. The van der Waals surface area contributed by atoms with Gasteiger partial charge in [-0.05, 0) is 20.8 Å². The van der Waals surface area contributed by atoms with Gasteiger partial charge in [0.05, 0.1) is 33.3 Å². The molecule has 0 aromatic carbocycles. The van der Waals surface area contributed by atoms with E-state index in [1.165, 1.54) is 0 Å². The third kappa shape index (κ3) is 6.18. The van der Waals surface area contributed by atoms with E-state index in [2.05, 4.69) is 36.9 Å². The molecule has 0 aromatic rings. The minimum absolute atomic E-state index is 0.0113. The fraction of sp³-hybridized carbons (Fsp3) is 1.00. The first-order valence-corrected chi connectivity index (χ1v) is 8.04. The van der Waals surface area contributed by atoms with Gasteiger partial charge in [0.25, 0.3) is 0 Å². The van der Waals surface area contributed by atoms with Gasteiger partial charge in [-0.1, -0.05) is 0 Å². The molecule has 0 bridgehead atoms. The molecular weight excluding hydrogens is 268 g/mol. The largest absolute Gasteiger partial charge is 0.726 e. The first-order valence-electron chi connectivity index (χ1n) is 6.71. The Morgan fingerprint density at radius 2 is 1.79 bits per heavy atom. The quantitative estimate of drug-likeness (QED) is 0.318. The Balaban J connectivity index is 2.32. The van der Waals surface area contributed by atoms with E-state index >= 15 is 0 Å². The smallest absolute Gasteiger partial charge is 0.217 e. The predicted molar refractivity (Wildman–Crippen MR) is 72.4 cm³/mol. The Morgan fingerprint density at radius 1 is 1.26 bits per heavy atom. The summed E-state index contributed by atoms with van der Waals surface area (Å²) in [5.74, 6) is 0. The van der Waals surface area contributed by atoms with Crippen molar-refractivity contribution in [3.05, 3.63) is 0 Å². The predicted octanol–water partition coefficient (Wildman–Crippen LogP) is 0.414. The van der Waals surface area contributed by atoms with Crippen molar-refractivity contribution >= 4 is 10.4 Å². The lowest BCUT2D eigenvalue weighted by atomic mass is 10.0. The third-order valence-electron chi connectivity index (χ3n) is 3.84. The summed E-state index contributed by atoms with van der Waals surface area (Å²) in [7, 11) is -2.37. The van der Waals surface area contributed by atoms with Crippen molar-refractivity contribution < 1.29 is 21.6 Å². The molecule has 6 nitrogen and oxygen atoms in total. The summed E-state index contributed by atoms with van der Waals surface area (Å²) < 4.78 is 36.1. The average molecular weight is 294 g/mol. The van der Waals surface area contributed by atoms with E-state index in [-0.39, 0.29) is 12.1 Å². The van der Waals surface area contributed by atoms with E-state index in [1.54, 1.807) is 0 Å². The highest BCUT2D eigenvalue weighted by Gasteiger charge is 2.32. The molecule has 0 unspecified atom stereocenters. The van der Waals surface area contributed by atoms with Gasteiger partial charge < -0.3 is 9.04 Å². The molecule has 0 atom stereocenters. The van der Waals surface area contributed by atoms with Crippen LogP contribution in [0.25, 0.3) is 0 Å². The summed E-state index contributed by atoms with van der Waals surface area (Å²) >= 11 is 0. The number of likely N-dealkylation sites (N-methyl/N-ethyl adjacent to an activating group) is 1. The summed E-state index contributed by atoms with van der Waals surface area (Å²) in [5.41, 5.74) is 0.199. The Kier molecular flexibility index (Phi) is 5.36. The molecule has 114 valence electrons. The second-order valence-corrected chi connectivity index (χ2v) is 7.58. The van der Waals surface area contributed by atoms with Gasteiger partial charge >= 0.3 is 0 Å². The van der Waals surface area contributed by atoms with Crippen molar-refractivity contribution in [3.8, 4) is 0 Å². The zero-order chi connectivity index (χ0) is 14.7. The molecule has 1 aliphatic heterocycles. The van der Waals surface area contributed by atoms with Crippen LogP contribution in [-0.4, -0.2) is 74.3 Å². The number of nitrogens with zero attached hydrogens (tertiary/aromatic N) is 2. The van der Waals surface area contributed by atoms with Gasteiger partial charge in [-0.25, -0.2) is 8.42 Å². The number of rotatable bonds is 5. The zero-order valence-corrected chi connectivity index (χ0v) is 13.2. The summed E-state index contributed by atoms with van der Waals surface area (Å²) in [5, 5.41) is 0. The SMILES string of the molecule is CC(C)(C)N1CC[N+](C)(CCCOS(=O)(=O)[O-])CC1. The van der Waals surface area contributed by atoms with Crippen molar-refractivity contribution in [1.29, 1.82) is 0 Å². The van der Waals surface area contributed by atoms with Crippen LogP contribution in [-0.2, 0) is 14.6 Å². The molecule has 19 heavy (non-hydrogen) atoms. The Morgan fingerprint density at radius 3 is 2.21 bits per heavy atom. The molecule has 0 radical (unpaired) electrons. The van der Waals surface area contributed by atoms with Crippen molar-refractivity contribution in [2.45, 2.75) is 32.7 Å². The summed E-state index contributed by atoms with van der Waals surface area (Å²) in [6, 6.07) is 0. The molecule has 1 fully saturated rings. The van der Waals surface area contributed by atoms with E-state index < -0.39 is 10.4 Å². The maximum absolute atomic E-state index is 10.3. The molecule has 0 saturated carbocycles. The molecule has 1 heterocycles. The minimum Gasteiger partial charge on any atom is -0.726 e. The minimum atomic E-state index is -4.54. The highest BCUT2D eigenvalue weighted by atomic mass is 32.3. The lowest BCUT2D eigenvalue weighted by Crippen LogP contribution is -2.61. The highest BCUT2D eigenvalue weighted by Crippen LogP contribution is 2.19. The van der Waals surface area contributed by atoms with E-state index in [1.807, 2.05) is 0 Å². The molecule has 0 amide bonds. The number of piperazine rings is 1. The molecule has 0 spiro atoms. The van der Waals surface area contributed by atoms with Crippen molar-refractivity contribution in [3.63, 3.8) is 0 Å². The Labute approximate surface area is 116 Å². The molecule has 1 aliphatic rings. The maximum Gasteiger partial charge on any atom is 0.217 e. The molecular formula is C12H26N2O4S. The molecule has 0 aliphatic carbocycles. The first kappa shape index (κ1) is 16.8. The second-order valence-electron chi connectivity index (χ2n) is 6.53. The molecule has 1 rings (SSSR count). The van der Waals surface area contributed by atoms with Gasteiger partial charge in [0.2, 0.25) is 10.4 Å². The van der Waals surface area contributed by atoms with Crippen LogP contribution < -0.4 is 0 Å². The van der Waals surface area contributed by atoms with Gasteiger partial charge in [-0.15, -0.1) is 0 Å². The first-order chi connectivity index (χ1) is 8.52. The number of hydrogen-bond acceptors (Lipinski definition) is 5. The van der Waals surface area contributed by atoms with Gasteiger partial charge in [-0.2, -0.15) is 0 Å². The van der Waals surface area contributed by atoms with Crippen LogP contribution in [0.15, 0.2) is 0 Å². The van der Waals surface area contributed by atoms with Gasteiger partial charge in [0.1, 0.15) is 0 Å². The maximum atomic E-state index is 10.3. The van der Waals surface area contributed by atoms with E-state index in [0.29, 0.717) is 6.42 Å². The third-order valence-corrected chi connectivity index (χ3v) is 4.29. The van der Waals surface area contributed by atoms with Crippen LogP contribution in [0.1, 0.15) is 27.2 Å². The highest BCUT2D eigenvalue weighted by molar-refractivity contribution is 7.80. The monoisotopic (exact) mass is 294 g/mol. The van der Waals surface area contributed by atoms with E-state index in [4.69, 9.17) is 0 Å². The molecule has 1 saturated heterocycles. The second kappa shape index (κ2) is 6.05. The standard InChI is InChI=1S/C12H26N2O4S/c1-12(2,3)13-6-9-14(4,10-7-13)8-5-11-18-19(15,16)17/h5-11H2,1-4H3. The van der Waals surface area contributed by atoms with Crippen LogP contribution in [0, 0.1) is 0 Å². The Hall–Kier alpha value is -0.210. The Bertz CT molecular complexity index is 381. The normalized spacial score (nSPS) is 21.5. The average Bonchev–Trinajstić information content (AvgIpc) is 2.22. The van der Waals surface area contributed by atoms with Gasteiger partial charge in [-0.3, -0.25) is 9.08 Å². The number of quaternary nitrogens is 1. The molecule has 0 aromatic heterocycles. The van der Waals surface area contributed by atoms with Gasteiger partial charge in [0.15, 0.2) is 0 Å². The van der Waals surface area contributed by atoms with Crippen molar-refractivity contribution in [1.82, 2.24) is 4.90 Å². The van der Waals surface area contributed by atoms with Crippen molar-refractivity contribution in [2.75, 3.05) is 46.4 Å². The summed E-state index contributed by atoms with van der Waals surface area (Å²) in [6.07, 6.45) is 0.591. The summed E-state index contributed by atoms with van der Waals surface area (Å²) in [4.78, 5) is 2.46. The fourth-order valence-corrected chi connectivity index (χ4v) is 2.77. The van der Waals surface area contributed by atoms with Crippen LogP contribution in [0.5, 0.6) is 0 Å². The van der Waals surface area contributed by atoms with E-state index in [0.717, 1.165) is 37.2 Å². The molecule has 0 N–H and O–H groups in total. The fourth-order valence-electron chi connectivity index (χ4n) is 2.45. The van der Waals surface area contributed by atoms with Crippen LogP contribution in [0.3, 0.4) is 0 Å². The van der Waals surface area contributed by atoms with Crippen LogP contribution in [0.2, 0.25) is 0 Å². The van der Waals surface area contributed by atoms with Crippen LogP contribution in [0.4, 0.5) is 0 Å². The van der Waals surface area contributed by atoms with Crippen LogP contribution >= 0.6 is 0 Å². The van der Waals surface area contributed by atoms with E-state index in [9.17, 15) is 13.0 Å². The lowest BCUT2D eigenvalue weighted by Gasteiger charge is -2.46.